The number of benzene rings is 2. The van der Waals surface area contributed by atoms with Crippen molar-refractivity contribution < 1.29 is 28.6 Å². The minimum Gasteiger partial charge on any atom is -0.490 e. The van der Waals surface area contributed by atoms with Gasteiger partial charge in [0.1, 0.15) is 13.2 Å². The van der Waals surface area contributed by atoms with Crippen LogP contribution in [0.3, 0.4) is 0 Å². The molecule has 2 fully saturated rings. The number of hydrogen-bond donors (Lipinski definition) is 0. The van der Waals surface area contributed by atoms with Crippen molar-refractivity contribution >= 4 is 46.5 Å². The average Bonchev–Trinajstić information content (AvgIpc) is 3.11. The highest BCUT2D eigenvalue weighted by Gasteiger charge is 2.37. The molecule has 0 aromatic heterocycles. The van der Waals surface area contributed by atoms with Crippen LogP contribution in [0.25, 0.3) is 6.08 Å². The second-order valence-electron chi connectivity index (χ2n) is 7.82. The average molecular weight is 517 g/mol. The number of halogens is 1. The molecule has 8 nitrogen and oxygen atoms in total. The predicted molar refractivity (Wildman–Crippen MR) is 133 cm³/mol. The van der Waals surface area contributed by atoms with Crippen LogP contribution in [-0.4, -0.2) is 66.3 Å². The molecule has 4 rings (SSSR count). The molecule has 35 heavy (non-hydrogen) atoms. The largest absolute Gasteiger partial charge is 0.490 e. The number of rotatable bonds is 8. The molecule has 2 aromatic carbocycles. The van der Waals surface area contributed by atoms with Crippen LogP contribution in [0.2, 0.25) is 5.02 Å². The van der Waals surface area contributed by atoms with E-state index in [0.717, 1.165) is 22.2 Å². The summed E-state index contributed by atoms with van der Waals surface area (Å²) in [6.45, 7) is 4.15. The molecule has 0 bridgehead atoms. The summed E-state index contributed by atoms with van der Waals surface area (Å²) in [7, 11) is 0. The summed E-state index contributed by atoms with van der Waals surface area (Å²) in [5, 5.41) is 0.168. The quantitative estimate of drug-likeness (QED) is 0.486. The fourth-order valence-electron chi connectivity index (χ4n) is 3.63. The van der Waals surface area contributed by atoms with E-state index in [-0.39, 0.29) is 17.4 Å². The molecular formula is C25H25ClN2O6S. The minimum atomic E-state index is -0.485. The van der Waals surface area contributed by atoms with Gasteiger partial charge in [0.15, 0.2) is 11.5 Å². The van der Waals surface area contributed by atoms with Gasteiger partial charge in [-0.15, -0.1) is 0 Å². The Hall–Kier alpha value is -3.01. The van der Waals surface area contributed by atoms with Crippen molar-refractivity contribution in [2.75, 3.05) is 39.5 Å². The van der Waals surface area contributed by atoms with Gasteiger partial charge in [0.05, 0.1) is 24.7 Å². The summed E-state index contributed by atoms with van der Waals surface area (Å²) in [6, 6.07) is 12.7. The lowest BCUT2D eigenvalue weighted by Crippen LogP contribution is -2.46. The Morgan fingerprint density at radius 1 is 1.11 bits per heavy atom. The van der Waals surface area contributed by atoms with Crippen molar-refractivity contribution in [3.8, 4) is 11.5 Å². The van der Waals surface area contributed by atoms with Crippen molar-refractivity contribution in [3.63, 3.8) is 0 Å². The molecule has 0 unspecified atom stereocenters. The lowest BCUT2D eigenvalue weighted by Gasteiger charge is -2.28. The van der Waals surface area contributed by atoms with E-state index in [4.69, 9.17) is 25.8 Å². The summed E-state index contributed by atoms with van der Waals surface area (Å²) in [6.07, 6.45) is 1.62. The molecule has 2 aliphatic heterocycles. The van der Waals surface area contributed by atoms with E-state index >= 15 is 0 Å². The SMILES string of the molecule is CCOc1cc(/C=C2\SC(=O)N(CC(=O)N3CCOCC3)C2=O)ccc1OCc1cccc(Cl)c1. The first-order valence-corrected chi connectivity index (χ1v) is 12.4. The number of morpholine rings is 1. The van der Waals surface area contributed by atoms with Gasteiger partial charge in [-0.25, -0.2) is 0 Å². The number of carbonyl (C=O) groups is 3. The summed E-state index contributed by atoms with van der Waals surface area (Å²) in [4.78, 5) is 40.7. The lowest BCUT2D eigenvalue weighted by atomic mass is 10.1. The molecule has 0 aliphatic carbocycles. The predicted octanol–water partition coefficient (Wildman–Crippen LogP) is 4.21. The summed E-state index contributed by atoms with van der Waals surface area (Å²) in [5.41, 5.74) is 1.60. The van der Waals surface area contributed by atoms with Crippen molar-refractivity contribution in [2.24, 2.45) is 0 Å². The zero-order valence-electron chi connectivity index (χ0n) is 19.2. The highest BCUT2D eigenvalue weighted by Crippen LogP contribution is 2.35. The van der Waals surface area contributed by atoms with Crippen LogP contribution in [0.5, 0.6) is 11.5 Å². The first kappa shape index (κ1) is 25.1. The lowest BCUT2D eigenvalue weighted by molar-refractivity contribution is -0.139. The van der Waals surface area contributed by atoms with E-state index in [1.54, 1.807) is 35.2 Å². The maximum absolute atomic E-state index is 12.9. The first-order valence-electron chi connectivity index (χ1n) is 11.2. The standard InChI is InChI=1S/C25H25ClN2O6S/c1-2-33-21-13-17(6-7-20(21)34-16-18-4-3-5-19(26)12-18)14-22-24(30)28(25(31)35-22)15-23(29)27-8-10-32-11-9-27/h3-7,12-14H,2,8-11,15-16H2,1H3/b22-14-. The van der Waals surface area contributed by atoms with Gasteiger partial charge in [0, 0.05) is 18.1 Å². The van der Waals surface area contributed by atoms with Gasteiger partial charge in [0.25, 0.3) is 11.1 Å². The molecule has 2 aliphatic rings. The zero-order chi connectivity index (χ0) is 24.8. The maximum Gasteiger partial charge on any atom is 0.294 e. The third-order valence-corrected chi connectivity index (χ3v) is 6.52. The van der Waals surface area contributed by atoms with E-state index < -0.39 is 11.1 Å². The van der Waals surface area contributed by atoms with Crippen LogP contribution < -0.4 is 9.47 Å². The molecule has 10 heteroatoms. The Bertz CT molecular complexity index is 1150. The van der Waals surface area contributed by atoms with Crippen LogP contribution in [-0.2, 0) is 20.9 Å². The van der Waals surface area contributed by atoms with Crippen molar-refractivity contribution in [3.05, 3.63) is 63.5 Å². The highest BCUT2D eigenvalue weighted by atomic mass is 35.5. The third-order valence-electron chi connectivity index (χ3n) is 5.38. The van der Waals surface area contributed by atoms with Gasteiger partial charge in [-0.2, -0.15) is 0 Å². The second-order valence-corrected chi connectivity index (χ2v) is 9.25. The number of carbonyl (C=O) groups excluding carboxylic acids is 3. The first-order chi connectivity index (χ1) is 16.9. The third kappa shape index (κ3) is 6.36. The van der Waals surface area contributed by atoms with Crippen LogP contribution in [0.1, 0.15) is 18.1 Å². The number of thioether (sulfide) groups is 1. The van der Waals surface area contributed by atoms with Crippen molar-refractivity contribution in [1.29, 1.82) is 0 Å². The van der Waals surface area contributed by atoms with Crippen molar-refractivity contribution in [1.82, 2.24) is 9.80 Å². The smallest absolute Gasteiger partial charge is 0.294 e. The van der Waals surface area contributed by atoms with E-state index in [0.29, 0.717) is 61.6 Å². The van der Waals surface area contributed by atoms with Crippen LogP contribution in [0.15, 0.2) is 47.4 Å². The molecule has 184 valence electrons. The van der Waals surface area contributed by atoms with Crippen LogP contribution in [0, 0.1) is 0 Å². The number of amides is 3. The highest BCUT2D eigenvalue weighted by molar-refractivity contribution is 8.18. The Morgan fingerprint density at radius 2 is 1.91 bits per heavy atom. The molecule has 2 heterocycles. The van der Waals surface area contributed by atoms with Gasteiger partial charge in [-0.3, -0.25) is 19.3 Å². The molecule has 0 saturated carbocycles. The molecule has 0 radical (unpaired) electrons. The number of hydrogen-bond acceptors (Lipinski definition) is 7. The van der Waals surface area contributed by atoms with Crippen molar-refractivity contribution in [2.45, 2.75) is 13.5 Å². The Kier molecular flexibility index (Phi) is 8.33. The molecular weight excluding hydrogens is 492 g/mol. The number of imide groups is 1. The zero-order valence-corrected chi connectivity index (χ0v) is 20.8. The molecule has 2 saturated heterocycles. The second kappa shape index (κ2) is 11.6. The van der Waals surface area contributed by atoms with E-state index in [2.05, 4.69) is 0 Å². The molecule has 0 N–H and O–H groups in total. The number of nitrogens with zero attached hydrogens (tertiary/aromatic N) is 2. The van der Waals surface area contributed by atoms with Gasteiger partial charge < -0.3 is 19.1 Å². The van der Waals surface area contributed by atoms with Gasteiger partial charge in [0.2, 0.25) is 5.91 Å². The molecule has 3 amide bonds. The summed E-state index contributed by atoms with van der Waals surface area (Å²) in [5.74, 6) is 0.315. The Balaban J connectivity index is 1.46. The fourth-order valence-corrected chi connectivity index (χ4v) is 4.68. The molecule has 0 spiro atoms. The van der Waals surface area contributed by atoms with Gasteiger partial charge >= 0.3 is 0 Å². The van der Waals surface area contributed by atoms with E-state index in [1.807, 2.05) is 25.1 Å². The van der Waals surface area contributed by atoms with E-state index in [9.17, 15) is 14.4 Å². The monoisotopic (exact) mass is 516 g/mol. The summed E-state index contributed by atoms with van der Waals surface area (Å²) >= 11 is 6.86. The molecule has 2 aromatic rings. The van der Waals surface area contributed by atoms with E-state index in [1.165, 1.54) is 0 Å². The normalized spacial score (nSPS) is 17.3. The fraction of sp³-hybridized carbons (Fsp3) is 0.320. The minimum absolute atomic E-state index is 0.250. The summed E-state index contributed by atoms with van der Waals surface area (Å²) < 4.78 is 16.9. The Labute approximate surface area is 212 Å². The van der Waals surface area contributed by atoms with Gasteiger partial charge in [-0.05, 0) is 60.2 Å². The Morgan fingerprint density at radius 3 is 2.66 bits per heavy atom. The maximum atomic E-state index is 12.9. The topological polar surface area (TPSA) is 85.4 Å². The van der Waals surface area contributed by atoms with Crippen LogP contribution in [0.4, 0.5) is 4.79 Å². The van der Waals surface area contributed by atoms with Gasteiger partial charge in [-0.1, -0.05) is 29.8 Å². The van der Waals surface area contributed by atoms with Crippen LogP contribution >= 0.6 is 23.4 Å². The molecule has 0 atom stereocenters. The number of ether oxygens (including phenoxy) is 3.